The van der Waals surface area contributed by atoms with Gasteiger partial charge in [0.25, 0.3) is 0 Å². The summed E-state index contributed by atoms with van der Waals surface area (Å²) in [6.45, 7) is 10.5. The van der Waals surface area contributed by atoms with Crippen LogP contribution in [0.2, 0.25) is 0 Å². The van der Waals surface area contributed by atoms with E-state index in [-0.39, 0.29) is 24.8 Å². The van der Waals surface area contributed by atoms with Crippen molar-refractivity contribution < 1.29 is 4.79 Å². The van der Waals surface area contributed by atoms with E-state index in [9.17, 15) is 4.79 Å². The SMILES string of the molecule is CC1CN2CCCCC2CN1CCC(=O)N1CCNCC1.Cl.Cl. The normalized spacial score (nSPS) is 29.2. The second-order valence-corrected chi connectivity index (χ2v) is 6.87. The molecule has 0 saturated carbocycles. The fourth-order valence-electron chi connectivity index (χ4n) is 4.04. The fourth-order valence-corrected chi connectivity index (χ4v) is 4.04. The summed E-state index contributed by atoms with van der Waals surface area (Å²) >= 11 is 0. The number of hydrogen-bond donors (Lipinski definition) is 1. The van der Waals surface area contributed by atoms with Gasteiger partial charge in [0.1, 0.15) is 0 Å². The van der Waals surface area contributed by atoms with Crippen molar-refractivity contribution in [3.05, 3.63) is 0 Å². The summed E-state index contributed by atoms with van der Waals surface area (Å²) in [4.78, 5) is 19.5. The quantitative estimate of drug-likeness (QED) is 0.814. The first-order valence-electron chi connectivity index (χ1n) is 8.70. The van der Waals surface area contributed by atoms with Gasteiger partial charge in [-0.2, -0.15) is 0 Å². The van der Waals surface area contributed by atoms with Crippen LogP contribution in [-0.4, -0.2) is 85.0 Å². The van der Waals surface area contributed by atoms with Gasteiger partial charge in [-0.15, -0.1) is 24.8 Å². The van der Waals surface area contributed by atoms with E-state index >= 15 is 0 Å². The highest BCUT2D eigenvalue weighted by molar-refractivity contribution is 5.85. The lowest BCUT2D eigenvalue weighted by atomic mass is 9.97. The van der Waals surface area contributed by atoms with E-state index < -0.39 is 0 Å². The van der Waals surface area contributed by atoms with Crippen molar-refractivity contribution in [1.29, 1.82) is 0 Å². The van der Waals surface area contributed by atoms with Gasteiger partial charge in [-0.3, -0.25) is 14.6 Å². The smallest absolute Gasteiger partial charge is 0.223 e. The van der Waals surface area contributed by atoms with Crippen molar-refractivity contribution in [2.45, 2.75) is 44.7 Å². The number of carbonyl (C=O) groups is 1. The van der Waals surface area contributed by atoms with Crippen LogP contribution < -0.4 is 5.32 Å². The van der Waals surface area contributed by atoms with E-state index in [1.807, 2.05) is 4.90 Å². The van der Waals surface area contributed by atoms with Crippen molar-refractivity contribution in [1.82, 2.24) is 20.0 Å². The molecule has 2 atom stereocenters. The van der Waals surface area contributed by atoms with E-state index in [4.69, 9.17) is 0 Å². The number of amides is 1. The molecule has 3 aliphatic rings. The summed E-state index contributed by atoms with van der Waals surface area (Å²) in [5.74, 6) is 0.342. The van der Waals surface area contributed by atoms with Gasteiger partial charge in [0, 0.05) is 64.3 Å². The molecule has 0 spiro atoms. The molecule has 23 heavy (non-hydrogen) atoms. The standard InChI is InChI=1S/C16H30N4O.2ClH/c1-14-12-20-8-3-2-4-15(20)13-19(14)9-5-16(21)18-10-6-17-7-11-18;;/h14-15,17H,2-13H2,1H3;2*1H. The summed E-state index contributed by atoms with van der Waals surface area (Å²) in [5.41, 5.74) is 0. The zero-order valence-corrected chi connectivity index (χ0v) is 15.8. The Bertz CT molecular complexity index is 366. The van der Waals surface area contributed by atoms with Gasteiger partial charge < -0.3 is 10.2 Å². The van der Waals surface area contributed by atoms with E-state index in [1.54, 1.807) is 0 Å². The predicted molar refractivity (Wildman–Crippen MR) is 98.8 cm³/mol. The maximum atomic E-state index is 12.3. The molecule has 1 N–H and O–H groups in total. The van der Waals surface area contributed by atoms with E-state index in [0.717, 1.165) is 45.3 Å². The molecule has 7 heteroatoms. The largest absolute Gasteiger partial charge is 0.340 e. The summed E-state index contributed by atoms with van der Waals surface area (Å²) < 4.78 is 0. The average Bonchev–Trinajstić information content (AvgIpc) is 2.53. The molecule has 2 unspecified atom stereocenters. The van der Waals surface area contributed by atoms with Crippen molar-refractivity contribution >= 4 is 30.7 Å². The first-order chi connectivity index (χ1) is 10.2. The molecule has 0 aromatic heterocycles. The Balaban J connectivity index is 0.00000132. The van der Waals surface area contributed by atoms with Crippen LogP contribution in [0, 0.1) is 0 Å². The molecule has 0 aromatic rings. The molecule has 0 aliphatic carbocycles. The van der Waals surface area contributed by atoms with Crippen LogP contribution in [0.15, 0.2) is 0 Å². The minimum Gasteiger partial charge on any atom is -0.340 e. The summed E-state index contributed by atoms with van der Waals surface area (Å²) in [6, 6.07) is 1.33. The van der Waals surface area contributed by atoms with Crippen molar-refractivity contribution in [2.24, 2.45) is 0 Å². The van der Waals surface area contributed by atoms with Crippen molar-refractivity contribution in [3.63, 3.8) is 0 Å². The molecule has 3 fully saturated rings. The van der Waals surface area contributed by atoms with Crippen molar-refractivity contribution in [2.75, 3.05) is 52.4 Å². The summed E-state index contributed by atoms with van der Waals surface area (Å²) in [6.07, 6.45) is 4.78. The number of carbonyl (C=O) groups excluding carboxylic acids is 1. The van der Waals surface area contributed by atoms with Crippen LogP contribution in [0.5, 0.6) is 0 Å². The third-order valence-electron chi connectivity index (χ3n) is 5.40. The Kier molecular flexibility index (Phi) is 9.16. The first-order valence-corrected chi connectivity index (χ1v) is 8.70. The van der Waals surface area contributed by atoms with Gasteiger partial charge >= 0.3 is 0 Å². The average molecular weight is 367 g/mol. The number of fused-ring (bicyclic) bond motifs is 1. The van der Waals surface area contributed by atoms with Crippen LogP contribution >= 0.6 is 24.8 Å². The second kappa shape index (κ2) is 10.0. The second-order valence-electron chi connectivity index (χ2n) is 6.87. The van der Waals surface area contributed by atoms with Gasteiger partial charge in [0.05, 0.1) is 0 Å². The maximum absolute atomic E-state index is 12.3. The topological polar surface area (TPSA) is 38.8 Å². The van der Waals surface area contributed by atoms with Gasteiger partial charge in [-0.05, 0) is 26.3 Å². The fraction of sp³-hybridized carbons (Fsp3) is 0.938. The van der Waals surface area contributed by atoms with Crippen LogP contribution in [0.3, 0.4) is 0 Å². The number of piperidine rings is 1. The number of hydrogen-bond acceptors (Lipinski definition) is 4. The Morgan fingerprint density at radius 3 is 2.57 bits per heavy atom. The Morgan fingerprint density at radius 1 is 1.09 bits per heavy atom. The molecule has 5 nitrogen and oxygen atoms in total. The summed E-state index contributed by atoms with van der Waals surface area (Å²) in [7, 11) is 0. The number of piperazine rings is 2. The van der Waals surface area contributed by atoms with Crippen molar-refractivity contribution in [3.8, 4) is 0 Å². The molecule has 3 heterocycles. The lowest BCUT2D eigenvalue weighted by Gasteiger charge is -2.47. The molecule has 3 rings (SSSR count). The Labute approximate surface area is 152 Å². The molecule has 136 valence electrons. The van der Waals surface area contributed by atoms with Gasteiger partial charge in [0.15, 0.2) is 0 Å². The molecule has 1 amide bonds. The lowest BCUT2D eigenvalue weighted by Crippen LogP contribution is -2.59. The minimum absolute atomic E-state index is 0. The van der Waals surface area contributed by atoms with Gasteiger partial charge in [-0.25, -0.2) is 0 Å². The van der Waals surface area contributed by atoms with Crippen LogP contribution in [0.1, 0.15) is 32.6 Å². The molecule has 3 aliphatic heterocycles. The highest BCUT2D eigenvalue weighted by Gasteiger charge is 2.33. The van der Waals surface area contributed by atoms with E-state index in [0.29, 0.717) is 18.4 Å². The number of nitrogens with zero attached hydrogens (tertiary/aromatic N) is 3. The number of halogens is 2. The zero-order valence-electron chi connectivity index (χ0n) is 14.2. The highest BCUT2D eigenvalue weighted by atomic mass is 35.5. The predicted octanol–water partition coefficient (Wildman–Crippen LogP) is 1.21. The minimum atomic E-state index is 0. The van der Waals surface area contributed by atoms with E-state index in [2.05, 4.69) is 22.0 Å². The maximum Gasteiger partial charge on any atom is 0.223 e. The third kappa shape index (κ3) is 5.46. The van der Waals surface area contributed by atoms with E-state index in [1.165, 1.54) is 32.4 Å². The molecular formula is C16H32Cl2N4O. The van der Waals surface area contributed by atoms with Gasteiger partial charge in [0.2, 0.25) is 5.91 Å². The van der Waals surface area contributed by atoms with Crippen LogP contribution in [0.4, 0.5) is 0 Å². The molecular weight excluding hydrogens is 335 g/mol. The molecule has 0 radical (unpaired) electrons. The van der Waals surface area contributed by atoms with Gasteiger partial charge in [-0.1, -0.05) is 6.42 Å². The zero-order chi connectivity index (χ0) is 14.7. The monoisotopic (exact) mass is 366 g/mol. The Hall–Kier alpha value is -0.0700. The first kappa shape index (κ1) is 21.0. The highest BCUT2D eigenvalue weighted by Crippen LogP contribution is 2.24. The number of nitrogens with one attached hydrogen (secondary N) is 1. The number of rotatable bonds is 3. The lowest BCUT2D eigenvalue weighted by molar-refractivity contribution is -0.132. The Morgan fingerprint density at radius 2 is 1.83 bits per heavy atom. The third-order valence-corrected chi connectivity index (χ3v) is 5.40. The molecule has 0 bridgehead atoms. The molecule has 0 aromatic carbocycles. The van der Waals surface area contributed by atoms with Crippen LogP contribution in [0.25, 0.3) is 0 Å². The van der Waals surface area contributed by atoms with Crippen LogP contribution in [-0.2, 0) is 4.79 Å². The summed E-state index contributed by atoms with van der Waals surface area (Å²) in [5, 5.41) is 3.30. The molecule has 3 saturated heterocycles.